The van der Waals surface area contributed by atoms with Crippen LogP contribution in [-0.4, -0.2) is 27.8 Å². The first-order valence-electron chi connectivity index (χ1n) is 7.94. The highest BCUT2D eigenvalue weighted by molar-refractivity contribution is 5.95. The van der Waals surface area contributed by atoms with Gasteiger partial charge in [0.15, 0.2) is 5.78 Å². The third-order valence-corrected chi connectivity index (χ3v) is 4.85. The molecule has 110 valence electrons. The van der Waals surface area contributed by atoms with Crippen molar-refractivity contribution in [3.8, 4) is 0 Å². The Morgan fingerprint density at radius 1 is 1.45 bits per heavy atom. The minimum absolute atomic E-state index is 0.0854. The molecule has 2 fully saturated rings. The molecule has 1 aromatic heterocycles. The van der Waals surface area contributed by atoms with E-state index in [1.165, 1.54) is 32.1 Å². The molecule has 0 aromatic carbocycles. The van der Waals surface area contributed by atoms with E-state index in [4.69, 9.17) is 4.74 Å². The van der Waals surface area contributed by atoms with Gasteiger partial charge in [-0.05, 0) is 25.7 Å². The Hall–Kier alpha value is -1.16. The van der Waals surface area contributed by atoms with Gasteiger partial charge >= 0.3 is 0 Å². The van der Waals surface area contributed by atoms with Gasteiger partial charge in [-0.15, -0.1) is 0 Å². The topological polar surface area (TPSA) is 44.1 Å². The molecule has 1 aliphatic carbocycles. The van der Waals surface area contributed by atoms with Crippen LogP contribution in [0, 0.1) is 0 Å². The zero-order chi connectivity index (χ0) is 14.0. The smallest absolute Gasteiger partial charge is 0.165 e. The molecule has 3 rings (SSSR count). The second-order valence-corrected chi connectivity index (χ2v) is 6.22. The van der Waals surface area contributed by atoms with Crippen LogP contribution in [0.3, 0.4) is 0 Å². The SMILES string of the molecule is CCC(=O)c1cnn(C2CCOC3(CCCCC3)C2)c1. The van der Waals surface area contributed by atoms with Crippen molar-refractivity contribution in [2.45, 2.75) is 69.9 Å². The predicted octanol–water partition coefficient (Wildman–Crippen LogP) is 3.53. The van der Waals surface area contributed by atoms with E-state index in [1.807, 2.05) is 17.8 Å². The van der Waals surface area contributed by atoms with Gasteiger partial charge in [0, 0.05) is 19.2 Å². The number of Topliss-reactive ketones (excluding diaryl/α,β-unsaturated/α-hetero) is 1. The lowest BCUT2D eigenvalue weighted by atomic mass is 9.78. The van der Waals surface area contributed by atoms with Crippen molar-refractivity contribution < 1.29 is 9.53 Å². The molecule has 1 saturated heterocycles. The monoisotopic (exact) mass is 276 g/mol. The van der Waals surface area contributed by atoms with E-state index < -0.39 is 0 Å². The second-order valence-electron chi connectivity index (χ2n) is 6.22. The maximum Gasteiger partial charge on any atom is 0.165 e. The van der Waals surface area contributed by atoms with E-state index in [9.17, 15) is 4.79 Å². The van der Waals surface area contributed by atoms with Crippen molar-refractivity contribution in [1.82, 2.24) is 9.78 Å². The molecule has 1 unspecified atom stereocenters. The van der Waals surface area contributed by atoms with Crippen LogP contribution in [0.2, 0.25) is 0 Å². The fraction of sp³-hybridized carbons (Fsp3) is 0.750. The fourth-order valence-electron chi connectivity index (χ4n) is 3.66. The number of hydrogen-bond donors (Lipinski definition) is 0. The number of rotatable bonds is 3. The van der Waals surface area contributed by atoms with Gasteiger partial charge in [-0.3, -0.25) is 9.48 Å². The van der Waals surface area contributed by atoms with Crippen LogP contribution in [0.4, 0.5) is 0 Å². The molecule has 0 radical (unpaired) electrons. The van der Waals surface area contributed by atoms with Crippen molar-refractivity contribution in [3.63, 3.8) is 0 Å². The zero-order valence-electron chi connectivity index (χ0n) is 12.3. The summed E-state index contributed by atoms with van der Waals surface area (Å²) < 4.78 is 8.13. The molecule has 1 spiro atoms. The molecule has 2 heterocycles. The minimum atomic E-state index is 0.0854. The van der Waals surface area contributed by atoms with Crippen LogP contribution in [0.25, 0.3) is 0 Å². The predicted molar refractivity (Wildman–Crippen MR) is 76.9 cm³/mol. The third-order valence-electron chi connectivity index (χ3n) is 4.85. The Morgan fingerprint density at radius 2 is 2.25 bits per heavy atom. The normalized spacial score (nSPS) is 25.8. The highest BCUT2D eigenvalue weighted by Gasteiger charge is 2.39. The number of carbonyl (C=O) groups excluding carboxylic acids is 1. The first-order chi connectivity index (χ1) is 9.72. The van der Waals surface area contributed by atoms with Crippen molar-refractivity contribution in [2.75, 3.05) is 6.61 Å². The number of ether oxygens (including phenoxy) is 1. The van der Waals surface area contributed by atoms with Gasteiger partial charge in [-0.25, -0.2) is 0 Å². The minimum Gasteiger partial charge on any atom is -0.375 e. The number of carbonyl (C=O) groups is 1. The van der Waals surface area contributed by atoms with Crippen LogP contribution < -0.4 is 0 Å². The Kier molecular flexibility index (Phi) is 3.92. The standard InChI is InChI=1S/C16H24N2O2/c1-2-15(19)13-11-17-18(12-13)14-6-9-20-16(10-14)7-4-3-5-8-16/h11-12,14H,2-10H2,1H3. The van der Waals surface area contributed by atoms with Crippen LogP contribution >= 0.6 is 0 Å². The molecule has 0 bridgehead atoms. The van der Waals surface area contributed by atoms with Gasteiger partial charge in [-0.2, -0.15) is 5.10 Å². The molecule has 0 N–H and O–H groups in total. The number of hydrogen-bond acceptors (Lipinski definition) is 3. The van der Waals surface area contributed by atoms with Gasteiger partial charge in [0.1, 0.15) is 0 Å². The highest BCUT2D eigenvalue weighted by Crippen LogP contribution is 2.42. The molecule has 4 heteroatoms. The van der Waals surface area contributed by atoms with E-state index in [2.05, 4.69) is 5.10 Å². The molecule has 4 nitrogen and oxygen atoms in total. The van der Waals surface area contributed by atoms with Gasteiger partial charge in [0.25, 0.3) is 0 Å². The van der Waals surface area contributed by atoms with E-state index >= 15 is 0 Å². The van der Waals surface area contributed by atoms with Gasteiger partial charge < -0.3 is 4.74 Å². The summed E-state index contributed by atoms with van der Waals surface area (Å²) in [7, 11) is 0. The molecule has 2 aliphatic rings. The summed E-state index contributed by atoms with van der Waals surface area (Å²) in [5, 5.41) is 4.43. The molecule has 1 aliphatic heterocycles. The molecule has 1 saturated carbocycles. The maximum absolute atomic E-state index is 11.7. The summed E-state index contributed by atoms with van der Waals surface area (Å²) in [6.45, 7) is 2.72. The lowest BCUT2D eigenvalue weighted by Crippen LogP contribution is -2.42. The van der Waals surface area contributed by atoms with E-state index in [0.29, 0.717) is 12.5 Å². The second kappa shape index (κ2) is 5.68. The van der Waals surface area contributed by atoms with Crippen LogP contribution in [-0.2, 0) is 4.74 Å². The zero-order valence-corrected chi connectivity index (χ0v) is 12.3. The van der Waals surface area contributed by atoms with Crippen molar-refractivity contribution >= 4 is 5.78 Å². The Morgan fingerprint density at radius 3 is 3.00 bits per heavy atom. The summed E-state index contributed by atoms with van der Waals surface area (Å²) in [4.78, 5) is 11.7. The van der Waals surface area contributed by atoms with Gasteiger partial charge in [0.2, 0.25) is 0 Å². The molecule has 1 atom stereocenters. The fourth-order valence-corrected chi connectivity index (χ4v) is 3.66. The summed E-state index contributed by atoms with van der Waals surface area (Å²) in [6.07, 6.45) is 12.5. The molecule has 1 aromatic rings. The lowest BCUT2D eigenvalue weighted by Gasteiger charge is -2.43. The van der Waals surface area contributed by atoms with Crippen molar-refractivity contribution in [3.05, 3.63) is 18.0 Å². The number of nitrogens with zero attached hydrogens (tertiary/aromatic N) is 2. The van der Waals surface area contributed by atoms with Gasteiger partial charge in [0.05, 0.1) is 23.4 Å². The third kappa shape index (κ3) is 2.66. The van der Waals surface area contributed by atoms with Crippen molar-refractivity contribution in [2.24, 2.45) is 0 Å². The average Bonchev–Trinajstić information content (AvgIpc) is 2.97. The molecular formula is C16H24N2O2. The number of ketones is 1. The first kappa shape index (κ1) is 13.8. The quantitative estimate of drug-likeness (QED) is 0.793. The summed E-state index contributed by atoms with van der Waals surface area (Å²) in [5.41, 5.74) is 0.832. The maximum atomic E-state index is 11.7. The lowest BCUT2D eigenvalue weighted by molar-refractivity contribution is -0.115. The Balaban J connectivity index is 1.73. The molecule has 20 heavy (non-hydrogen) atoms. The highest BCUT2D eigenvalue weighted by atomic mass is 16.5. The van der Waals surface area contributed by atoms with Crippen LogP contribution in [0.5, 0.6) is 0 Å². The summed E-state index contributed by atoms with van der Waals surface area (Å²) in [6, 6.07) is 0.389. The van der Waals surface area contributed by atoms with Crippen LogP contribution in [0.1, 0.15) is 74.7 Å². The summed E-state index contributed by atoms with van der Waals surface area (Å²) >= 11 is 0. The Bertz CT molecular complexity index is 469. The van der Waals surface area contributed by atoms with Crippen LogP contribution in [0.15, 0.2) is 12.4 Å². The van der Waals surface area contributed by atoms with Crippen molar-refractivity contribution in [1.29, 1.82) is 0 Å². The first-order valence-corrected chi connectivity index (χ1v) is 7.94. The largest absolute Gasteiger partial charge is 0.375 e. The summed E-state index contributed by atoms with van der Waals surface area (Å²) in [5.74, 6) is 0.177. The van der Waals surface area contributed by atoms with E-state index in [1.54, 1.807) is 6.20 Å². The van der Waals surface area contributed by atoms with Gasteiger partial charge in [-0.1, -0.05) is 26.2 Å². The number of aromatic nitrogens is 2. The molecule has 0 amide bonds. The molecular weight excluding hydrogens is 252 g/mol. The van der Waals surface area contributed by atoms with E-state index in [0.717, 1.165) is 25.0 Å². The van der Waals surface area contributed by atoms with E-state index in [-0.39, 0.29) is 11.4 Å². The Labute approximate surface area is 120 Å². The average molecular weight is 276 g/mol.